The molecule has 0 radical (unpaired) electrons. The van der Waals surface area contributed by atoms with Crippen LogP contribution in [-0.2, 0) is 6.42 Å². The molecule has 0 heterocycles. The Morgan fingerprint density at radius 1 is 1.12 bits per heavy atom. The predicted octanol–water partition coefficient (Wildman–Crippen LogP) is 3.64. The Hall–Kier alpha value is -0.820. The van der Waals surface area contributed by atoms with Crippen LogP contribution in [0.4, 0.5) is 0 Å². The van der Waals surface area contributed by atoms with Gasteiger partial charge in [0.1, 0.15) is 0 Å². The lowest BCUT2D eigenvalue weighted by Gasteiger charge is -2.23. The Balaban J connectivity index is 2.73. The zero-order valence-electron chi connectivity index (χ0n) is 11.2. The number of hydrogen-bond donors (Lipinski definition) is 1. The van der Waals surface area contributed by atoms with E-state index in [1.54, 1.807) is 0 Å². The van der Waals surface area contributed by atoms with Crippen LogP contribution in [0, 0.1) is 19.3 Å². The molecule has 0 aromatic heterocycles. The summed E-state index contributed by atoms with van der Waals surface area (Å²) in [5, 5.41) is 10.1. The van der Waals surface area contributed by atoms with E-state index in [0.717, 1.165) is 12.8 Å². The predicted molar refractivity (Wildman–Crippen MR) is 69.7 cm³/mol. The van der Waals surface area contributed by atoms with Crippen molar-refractivity contribution in [1.29, 1.82) is 0 Å². The van der Waals surface area contributed by atoms with Crippen molar-refractivity contribution in [2.45, 2.75) is 53.6 Å². The molecule has 0 saturated heterocycles. The third-order valence-corrected chi connectivity index (χ3v) is 2.93. The molecule has 0 bridgehead atoms. The molecular formula is C15H24O. The number of aliphatic hydroxyl groups is 1. The highest BCUT2D eigenvalue weighted by Gasteiger charge is 2.18. The number of rotatable bonds is 3. The quantitative estimate of drug-likeness (QED) is 0.824. The van der Waals surface area contributed by atoms with E-state index in [0.29, 0.717) is 0 Å². The average Bonchev–Trinajstić information content (AvgIpc) is 2.08. The molecule has 1 rings (SSSR count). The van der Waals surface area contributed by atoms with Gasteiger partial charge in [-0.1, -0.05) is 39.0 Å². The summed E-state index contributed by atoms with van der Waals surface area (Å²) in [5.41, 5.74) is 4.07. The number of aryl methyl sites for hydroxylation is 2. The molecule has 0 aliphatic rings. The zero-order chi connectivity index (χ0) is 12.3. The zero-order valence-corrected chi connectivity index (χ0v) is 11.2. The van der Waals surface area contributed by atoms with Crippen LogP contribution in [0.1, 0.15) is 43.9 Å². The van der Waals surface area contributed by atoms with Gasteiger partial charge in [0.25, 0.3) is 0 Å². The van der Waals surface area contributed by atoms with Gasteiger partial charge >= 0.3 is 0 Å². The molecule has 1 unspecified atom stereocenters. The van der Waals surface area contributed by atoms with Crippen molar-refractivity contribution in [3.05, 3.63) is 34.9 Å². The molecule has 90 valence electrons. The van der Waals surface area contributed by atoms with Gasteiger partial charge in [-0.15, -0.1) is 0 Å². The molecule has 1 aromatic carbocycles. The van der Waals surface area contributed by atoms with Crippen molar-refractivity contribution in [2.24, 2.45) is 5.41 Å². The van der Waals surface area contributed by atoms with Gasteiger partial charge in [-0.2, -0.15) is 0 Å². The molecule has 1 aromatic rings. The SMILES string of the molecule is Cc1cccc(C)c1CC(O)CC(C)(C)C. The normalized spacial score (nSPS) is 13.9. The topological polar surface area (TPSA) is 20.2 Å². The Morgan fingerprint density at radius 2 is 1.62 bits per heavy atom. The fourth-order valence-corrected chi connectivity index (χ4v) is 2.19. The van der Waals surface area contributed by atoms with Crippen LogP contribution >= 0.6 is 0 Å². The molecule has 16 heavy (non-hydrogen) atoms. The van der Waals surface area contributed by atoms with Crippen LogP contribution in [-0.4, -0.2) is 11.2 Å². The average molecular weight is 220 g/mol. The first-order valence-corrected chi connectivity index (χ1v) is 6.03. The highest BCUT2D eigenvalue weighted by atomic mass is 16.3. The van der Waals surface area contributed by atoms with Crippen LogP contribution in [0.2, 0.25) is 0 Å². The lowest BCUT2D eigenvalue weighted by atomic mass is 9.86. The second kappa shape index (κ2) is 5.01. The Kier molecular flexibility index (Phi) is 4.15. The smallest absolute Gasteiger partial charge is 0.0585 e. The second-order valence-corrected chi connectivity index (χ2v) is 5.99. The molecule has 0 saturated carbocycles. The summed E-state index contributed by atoms with van der Waals surface area (Å²) >= 11 is 0. The third kappa shape index (κ3) is 3.97. The third-order valence-electron chi connectivity index (χ3n) is 2.93. The van der Waals surface area contributed by atoms with E-state index in [-0.39, 0.29) is 11.5 Å². The van der Waals surface area contributed by atoms with E-state index in [4.69, 9.17) is 0 Å². The summed E-state index contributed by atoms with van der Waals surface area (Å²) in [6, 6.07) is 6.31. The van der Waals surface area contributed by atoms with Crippen LogP contribution in [0.15, 0.2) is 18.2 Å². The Morgan fingerprint density at radius 3 is 2.06 bits per heavy atom. The summed E-state index contributed by atoms with van der Waals surface area (Å²) in [7, 11) is 0. The largest absolute Gasteiger partial charge is 0.393 e. The van der Waals surface area contributed by atoms with Crippen LogP contribution in [0.5, 0.6) is 0 Å². The monoisotopic (exact) mass is 220 g/mol. The molecule has 0 amide bonds. The lowest BCUT2D eigenvalue weighted by Crippen LogP contribution is -2.20. The lowest BCUT2D eigenvalue weighted by molar-refractivity contribution is 0.121. The van der Waals surface area contributed by atoms with Crippen molar-refractivity contribution >= 4 is 0 Å². The molecule has 1 nitrogen and oxygen atoms in total. The van der Waals surface area contributed by atoms with Crippen molar-refractivity contribution in [1.82, 2.24) is 0 Å². The molecule has 0 spiro atoms. The minimum absolute atomic E-state index is 0.190. The first-order chi connectivity index (χ1) is 7.29. The van der Waals surface area contributed by atoms with Gasteiger partial charge in [0, 0.05) is 0 Å². The Bertz CT molecular complexity index is 327. The van der Waals surface area contributed by atoms with E-state index in [9.17, 15) is 5.11 Å². The maximum Gasteiger partial charge on any atom is 0.0585 e. The highest BCUT2D eigenvalue weighted by molar-refractivity contribution is 5.33. The van der Waals surface area contributed by atoms with Gasteiger partial charge in [-0.25, -0.2) is 0 Å². The van der Waals surface area contributed by atoms with Crippen LogP contribution in [0.3, 0.4) is 0 Å². The molecule has 1 N–H and O–H groups in total. The van der Waals surface area contributed by atoms with Gasteiger partial charge in [-0.3, -0.25) is 0 Å². The Labute approximate surface area is 99.5 Å². The fraction of sp³-hybridized carbons (Fsp3) is 0.600. The molecular weight excluding hydrogens is 196 g/mol. The van der Waals surface area contributed by atoms with Crippen molar-refractivity contribution < 1.29 is 5.11 Å². The van der Waals surface area contributed by atoms with Gasteiger partial charge in [0.05, 0.1) is 6.10 Å². The summed E-state index contributed by atoms with van der Waals surface area (Å²) in [4.78, 5) is 0. The maximum absolute atomic E-state index is 10.1. The first-order valence-electron chi connectivity index (χ1n) is 6.03. The van der Waals surface area contributed by atoms with Gasteiger partial charge in [0.15, 0.2) is 0 Å². The van der Waals surface area contributed by atoms with E-state index in [2.05, 4.69) is 52.8 Å². The highest BCUT2D eigenvalue weighted by Crippen LogP contribution is 2.24. The molecule has 0 aliphatic carbocycles. The van der Waals surface area contributed by atoms with E-state index in [1.807, 2.05) is 0 Å². The van der Waals surface area contributed by atoms with Crippen molar-refractivity contribution in [3.63, 3.8) is 0 Å². The maximum atomic E-state index is 10.1. The minimum atomic E-state index is -0.236. The van der Waals surface area contributed by atoms with E-state index < -0.39 is 0 Å². The molecule has 1 heteroatoms. The molecule has 1 atom stereocenters. The first kappa shape index (κ1) is 13.2. The summed E-state index contributed by atoms with van der Waals surface area (Å²) in [5.74, 6) is 0. The molecule has 0 aliphatic heterocycles. The summed E-state index contributed by atoms with van der Waals surface area (Å²) in [6.07, 6.45) is 1.39. The van der Waals surface area contributed by atoms with Crippen molar-refractivity contribution in [2.75, 3.05) is 0 Å². The second-order valence-electron chi connectivity index (χ2n) is 5.99. The van der Waals surface area contributed by atoms with E-state index >= 15 is 0 Å². The number of aliphatic hydroxyl groups excluding tert-OH is 1. The van der Waals surface area contributed by atoms with Gasteiger partial charge in [0.2, 0.25) is 0 Å². The van der Waals surface area contributed by atoms with Crippen LogP contribution in [0.25, 0.3) is 0 Å². The van der Waals surface area contributed by atoms with E-state index in [1.165, 1.54) is 16.7 Å². The number of benzene rings is 1. The van der Waals surface area contributed by atoms with Crippen LogP contribution < -0.4 is 0 Å². The fourth-order valence-electron chi connectivity index (χ4n) is 2.19. The van der Waals surface area contributed by atoms with Crippen molar-refractivity contribution in [3.8, 4) is 0 Å². The van der Waals surface area contributed by atoms with Gasteiger partial charge < -0.3 is 5.11 Å². The minimum Gasteiger partial charge on any atom is -0.393 e. The standard InChI is InChI=1S/C15H24O/c1-11-7-6-8-12(2)14(11)9-13(16)10-15(3,4)5/h6-8,13,16H,9-10H2,1-5H3. The summed E-state index contributed by atoms with van der Waals surface area (Å²) < 4.78 is 0. The van der Waals surface area contributed by atoms with Gasteiger partial charge in [-0.05, 0) is 48.8 Å². The number of hydrogen-bond acceptors (Lipinski definition) is 1. The molecule has 0 fully saturated rings. The summed E-state index contributed by atoms with van der Waals surface area (Å²) in [6.45, 7) is 10.7.